The number of nitrogens with one attached hydrogen (secondary N) is 1. The van der Waals surface area contributed by atoms with Crippen LogP contribution in [0, 0.1) is 5.92 Å². The van der Waals surface area contributed by atoms with Crippen LogP contribution in [0.4, 0.5) is 13.2 Å². The quantitative estimate of drug-likeness (QED) is 0.825. The zero-order valence-corrected chi connectivity index (χ0v) is 12.6. The molecular weight excluding hydrogens is 315 g/mol. The van der Waals surface area contributed by atoms with E-state index < -0.39 is 30.6 Å². The van der Waals surface area contributed by atoms with E-state index in [2.05, 4.69) is 15.4 Å². The summed E-state index contributed by atoms with van der Waals surface area (Å²) in [6.07, 6.45) is -0.865. The Morgan fingerprint density at radius 2 is 2.22 bits per heavy atom. The maximum Gasteiger partial charge on any atom is 0.412 e. The SMILES string of the molecule is CN1CCCCC(C(=O)NCC(n2cncn2)C(F)(F)F)C1=O. The molecule has 1 aromatic rings. The van der Waals surface area contributed by atoms with Crippen LogP contribution in [-0.2, 0) is 9.59 Å². The molecule has 1 fully saturated rings. The minimum absolute atomic E-state index is 0.342. The van der Waals surface area contributed by atoms with Gasteiger partial charge in [-0.05, 0) is 12.8 Å². The first-order valence-electron chi connectivity index (χ1n) is 7.24. The summed E-state index contributed by atoms with van der Waals surface area (Å²) in [5, 5.41) is 5.71. The fraction of sp³-hybridized carbons (Fsp3) is 0.692. The van der Waals surface area contributed by atoms with E-state index in [1.165, 1.54) is 4.90 Å². The normalized spacial score (nSPS) is 21.0. The Hall–Kier alpha value is -2.13. The predicted molar refractivity (Wildman–Crippen MR) is 73.1 cm³/mol. The van der Waals surface area contributed by atoms with Crippen LogP contribution in [0.15, 0.2) is 12.7 Å². The van der Waals surface area contributed by atoms with Gasteiger partial charge in [0.05, 0.1) is 0 Å². The number of halogens is 3. The largest absolute Gasteiger partial charge is 0.412 e. The molecule has 0 bridgehead atoms. The molecule has 0 aliphatic carbocycles. The van der Waals surface area contributed by atoms with E-state index in [9.17, 15) is 22.8 Å². The number of aromatic nitrogens is 3. The van der Waals surface area contributed by atoms with E-state index in [1.807, 2.05) is 0 Å². The Morgan fingerprint density at radius 3 is 2.83 bits per heavy atom. The van der Waals surface area contributed by atoms with Crippen molar-refractivity contribution in [2.75, 3.05) is 20.1 Å². The van der Waals surface area contributed by atoms with Gasteiger partial charge >= 0.3 is 6.18 Å². The van der Waals surface area contributed by atoms with E-state index >= 15 is 0 Å². The Morgan fingerprint density at radius 1 is 1.48 bits per heavy atom. The van der Waals surface area contributed by atoms with Crippen molar-refractivity contribution in [2.45, 2.75) is 31.5 Å². The summed E-state index contributed by atoms with van der Waals surface area (Å²) in [5.74, 6) is -1.98. The van der Waals surface area contributed by atoms with Gasteiger partial charge in [0.1, 0.15) is 18.6 Å². The van der Waals surface area contributed by atoms with Gasteiger partial charge < -0.3 is 10.2 Å². The van der Waals surface area contributed by atoms with Crippen molar-refractivity contribution in [3.05, 3.63) is 12.7 Å². The number of carbonyl (C=O) groups excluding carboxylic acids is 2. The molecule has 2 amide bonds. The van der Waals surface area contributed by atoms with Crippen molar-refractivity contribution in [1.82, 2.24) is 25.0 Å². The Kier molecular flexibility index (Phi) is 5.22. The van der Waals surface area contributed by atoms with Gasteiger partial charge in [0.2, 0.25) is 11.8 Å². The Bertz CT molecular complexity index is 546. The Labute approximate surface area is 130 Å². The standard InChI is InChI=1S/C13H18F3N5O2/c1-20-5-3-2-4-9(12(20)23)11(22)18-6-10(13(14,15)16)21-8-17-7-19-21/h7-10H,2-6H2,1H3,(H,18,22). The summed E-state index contributed by atoms with van der Waals surface area (Å²) in [6.45, 7) is -0.147. The lowest BCUT2D eigenvalue weighted by molar-refractivity contribution is -0.169. The molecule has 2 atom stereocenters. The lowest BCUT2D eigenvalue weighted by Crippen LogP contribution is -2.44. The molecule has 1 N–H and O–H groups in total. The van der Waals surface area contributed by atoms with Gasteiger partial charge in [0.25, 0.3) is 0 Å². The van der Waals surface area contributed by atoms with Gasteiger partial charge in [-0.2, -0.15) is 18.3 Å². The van der Waals surface area contributed by atoms with Crippen LogP contribution in [0.5, 0.6) is 0 Å². The highest BCUT2D eigenvalue weighted by molar-refractivity contribution is 6.00. The molecule has 0 radical (unpaired) electrons. The molecule has 1 saturated heterocycles. The second-order valence-electron chi connectivity index (χ2n) is 5.49. The van der Waals surface area contributed by atoms with Gasteiger partial charge in [-0.15, -0.1) is 0 Å². The lowest BCUT2D eigenvalue weighted by atomic mass is 10.0. The van der Waals surface area contributed by atoms with E-state index in [4.69, 9.17) is 0 Å². The van der Waals surface area contributed by atoms with Crippen molar-refractivity contribution in [3.8, 4) is 0 Å². The predicted octanol–water partition coefficient (Wildman–Crippen LogP) is 0.756. The third kappa shape index (κ3) is 4.20. The van der Waals surface area contributed by atoms with E-state index in [0.717, 1.165) is 19.1 Å². The number of hydrogen-bond donors (Lipinski definition) is 1. The molecule has 2 heterocycles. The Balaban J connectivity index is 2.02. The van der Waals surface area contributed by atoms with Gasteiger partial charge in [-0.1, -0.05) is 6.42 Å². The monoisotopic (exact) mass is 333 g/mol. The smallest absolute Gasteiger partial charge is 0.353 e. The summed E-state index contributed by atoms with van der Waals surface area (Å²) >= 11 is 0. The van der Waals surface area contributed by atoms with Crippen LogP contribution in [-0.4, -0.2) is 57.8 Å². The minimum Gasteiger partial charge on any atom is -0.353 e. The van der Waals surface area contributed by atoms with Crippen LogP contribution in [0.2, 0.25) is 0 Å². The first-order valence-corrected chi connectivity index (χ1v) is 7.24. The topological polar surface area (TPSA) is 80.1 Å². The number of likely N-dealkylation sites (tertiary alicyclic amines) is 1. The first-order chi connectivity index (χ1) is 10.8. The average Bonchev–Trinajstić information content (AvgIpc) is 2.93. The van der Waals surface area contributed by atoms with E-state index in [1.54, 1.807) is 7.05 Å². The van der Waals surface area contributed by atoms with Crippen molar-refractivity contribution in [1.29, 1.82) is 0 Å². The highest BCUT2D eigenvalue weighted by Crippen LogP contribution is 2.29. The zero-order valence-electron chi connectivity index (χ0n) is 12.6. The average molecular weight is 333 g/mol. The fourth-order valence-electron chi connectivity index (χ4n) is 2.50. The lowest BCUT2D eigenvalue weighted by Gasteiger charge is -2.23. The van der Waals surface area contributed by atoms with E-state index in [-0.39, 0.29) is 5.91 Å². The molecule has 0 saturated carbocycles. The zero-order chi connectivity index (χ0) is 17.0. The molecule has 0 aromatic carbocycles. The molecule has 7 nitrogen and oxygen atoms in total. The molecule has 10 heteroatoms. The number of alkyl halides is 3. The second kappa shape index (κ2) is 6.97. The summed E-state index contributed by atoms with van der Waals surface area (Å²) in [5.41, 5.74) is 0. The maximum atomic E-state index is 13.1. The maximum absolute atomic E-state index is 13.1. The molecular formula is C13H18F3N5O2. The second-order valence-corrected chi connectivity index (χ2v) is 5.49. The molecule has 2 unspecified atom stereocenters. The van der Waals surface area contributed by atoms with Crippen LogP contribution >= 0.6 is 0 Å². The van der Waals surface area contributed by atoms with Crippen LogP contribution in [0.3, 0.4) is 0 Å². The number of nitrogens with zero attached hydrogens (tertiary/aromatic N) is 4. The highest BCUT2D eigenvalue weighted by atomic mass is 19.4. The van der Waals surface area contributed by atoms with Gasteiger partial charge in [-0.3, -0.25) is 9.59 Å². The van der Waals surface area contributed by atoms with Crippen molar-refractivity contribution in [3.63, 3.8) is 0 Å². The molecule has 1 aliphatic heterocycles. The van der Waals surface area contributed by atoms with Crippen LogP contribution in [0.25, 0.3) is 0 Å². The fourth-order valence-corrected chi connectivity index (χ4v) is 2.50. The van der Waals surface area contributed by atoms with Gasteiger partial charge in [0, 0.05) is 20.1 Å². The number of hydrogen-bond acceptors (Lipinski definition) is 4. The third-order valence-corrected chi connectivity index (χ3v) is 3.83. The van der Waals surface area contributed by atoms with Crippen molar-refractivity contribution in [2.24, 2.45) is 5.92 Å². The molecule has 2 rings (SSSR count). The van der Waals surface area contributed by atoms with Crippen LogP contribution < -0.4 is 5.32 Å². The van der Waals surface area contributed by atoms with E-state index in [0.29, 0.717) is 24.1 Å². The summed E-state index contributed by atoms with van der Waals surface area (Å²) in [7, 11) is 1.59. The summed E-state index contributed by atoms with van der Waals surface area (Å²) < 4.78 is 39.8. The van der Waals surface area contributed by atoms with Crippen LogP contribution in [0.1, 0.15) is 25.3 Å². The number of amides is 2. The molecule has 1 aliphatic rings. The summed E-state index contributed by atoms with van der Waals surface area (Å²) in [4.78, 5) is 29.1. The number of carbonyl (C=O) groups is 2. The number of rotatable bonds is 4. The molecule has 23 heavy (non-hydrogen) atoms. The first kappa shape index (κ1) is 17.2. The van der Waals surface area contributed by atoms with Crippen molar-refractivity contribution < 1.29 is 22.8 Å². The summed E-state index contributed by atoms with van der Waals surface area (Å²) in [6, 6.07) is -2.02. The van der Waals surface area contributed by atoms with Gasteiger partial charge in [-0.25, -0.2) is 9.67 Å². The van der Waals surface area contributed by atoms with Gasteiger partial charge in [0.15, 0.2) is 6.04 Å². The minimum atomic E-state index is -4.59. The molecule has 0 spiro atoms. The highest BCUT2D eigenvalue weighted by Gasteiger charge is 2.42. The van der Waals surface area contributed by atoms with Crippen molar-refractivity contribution >= 4 is 11.8 Å². The third-order valence-electron chi connectivity index (χ3n) is 3.83. The molecule has 1 aromatic heterocycles. The molecule has 128 valence electrons.